The van der Waals surface area contributed by atoms with Gasteiger partial charge in [-0.1, -0.05) is 11.6 Å². The van der Waals surface area contributed by atoms with Crippen LogP contribution in [0.2, 0.25) is 5.02 Å². The first-order valence-corrected chi connectivity index (χ1v) is 9.17. The Morgan fingerprint density at radius 3 is 2.72 bits per heavy atom. The molecule has 1 aliphatic heterocycles. The first-order valence-electron chi connectivity index (χ1n) is 7.31. The van der Waals surface area contributed by atoms with E-state index in [-0.39, 0.29) is 28.1 Å². The Bertz CT molecular complexity index is 949. The monoisotopic (exact) mass is 384 g/mol. The molecule has 3 rings (SSSR count). The number of nitrogens with one attached hydrogen (secondary N) is 1. The number of rotatable bonds is 3. The van der Waals surface area contributed by atoms with Crippen LogP contribution in [-0.2, 0) is 14.8 Å². The van der Waals surface area contributed by atoms with Crippen LogP contribution in [0.25, 0.3) is 0 Å². The topological polar surface area (TPSA) is 75.7 Å². The zero-order chi connectivity index (χ0) is 18.2. The Morgan fingerprint density at radius 2 is 2.04 bits per heavy atom. The lowest BCUT2D eigenvalue weighted by molar-refractivity contribution is -0.116. The van der Waals surface area contributed by atoms with Crippen LogP contribution in [-0.4, -0.2) is 27.5 Å². The van der Waals surface area contributed by atoms with Gasteiger partial charge in [0.25, 0.3) is 10.0 Å². The van der Waals surface area contributed by atoms with Crippen molar-refractivity contribution in [3.05, 3.63) is 47.2 Å². The highest BCUT2D eigenvalue weighted by atomic mass is 35.5. The second kappa shape index (κ2) is 6.53. The van der Waals surface area contributed by atoms with Crippen molar-refractivity contribution in [3.8, 4) is 5.75 Å². The van der Waals surface area contributed by atoms with Crippen molar-refractivity contribution in [3.63, 3.8) is 0 Å². The maximum Gasteiger partial charge on any atom is 0.262 e. The first kappa shape index (κ1) is 17.5. The summed E-state index contributed by atoms with van der Waals surface area (Å²) in [7, 11) is -3.93. The van der Waals surface area contributed by atoms with E-state index in [1.54, 1.807) is 0 Å². The number of ether oxygens (including phenoxy) is 1. The summed E-state index contributed by atoms with van der Waals surface area (Å²) in [6.07, 6.45) is 0. The third kappa shape index (κ3) is 3.54. The largest absolute Gasteiger partial charge is 0.489 e. The molecule has 0 fully saturated rings. The molecule has 2 aromatic rings. The van der Waals surface area contributed by atoms with Crippen LogP contribution in [0.4, 0.5) is 15.8 Å². The van der Waals surface area contributed by atoms with Gasteiger partial charge in [-0.2, -0.15) is 0 Å². The highest BCUT2D eigenvalue weighted by Crippen LogP contribution is 2.34. The number of amides is 1. The van der Waals surface area contributed by atoms with Crippen LogP contribution < -0.4 is 14.4 Å². The van der Waals surface area contributed by atoms with Crippen molar-refractivity contribution in [1.82, 2.24) is 0 Å². The first-order chi connectivity index (χ1) is 11.8. The number of anilines is 2. The number of fused-ring (bicyclic) bond motifs is 1. The Morgan fingerprint density at radius 1 is 1.28 bits per heavy atom. The summed E-state index contributed by atoms with van der Waals surface area (Å²) in [6, 6.07) is 7.75. The van der Waals surface area contributed by atoms with Gasteiger partial charge in [-0.15, -0.1) is 0 Å². The summed E-state index contributed by atoms with van der Waals surface area (Å²) in [4.78, 5) is 13.1. The minimum atomic E-state index is -3.93. The quantitative estimate of drug-likeness (QED) is 0.882. The van der Waals surface area contributed by atoms with Crippen molar-refractivity contribution in [2.45, 2.75) is 11.8 Å². The molecule has 132 valence electrons. The molecule has 0 unspecified atom stereocenters. The fourth-order valence-electron chi connectivity index (χ4n) is 2.47. The third-order valence-corrected chi connectivity index (χ3v) is 5.33. The van der Waals surface area contributed by atoms with E-state index in [4.69, 9.17) is 16.3 Å². The summed E-state index contributed by atoms with van der Waals surface area (Å²) in [5, 5.41) is -0.189. The molecule has 0 bridgehead atoms. The lowest BCUT2D eigenvalue weighted by Gasteiger charge is -2.28. The van der Waals surface area contributed by atoms with Gasteiger partial charge in [-0.3, -0.25) is 9.52 Å². The average molecular weight is 385 g/mol. The second-order valence-electron chi connectivity index (χ2n) is 5.38. The molecule has 0 saturated heterocycles. The Labute approximate surface area is 149 Å². The molecule has 0 saturated carbocycles. The molecule has 1 amide bonds. The van der Waals surface area contributed by atoms with E-state index in [9.17, 15) is 17.6 Å². The van der Waals surface area contributed by atoms with Gasteiger partial charge in [-0.05, 0) is 30.3 Å². The molecular weight excluding hydrogens is 371 g/mol. The number of hydrogen-bond acceptors (Lipinski definition) is 4. The number of carbonyl (C=O) groups excluding carboxylic acids is 1. The number of sulfonamides is 1. The molecule has 1 heterocycles. The van der Waals surface area contributed by atoms with Gasteiger partial charge in [0.15, 0.2) is 0 Å². The number of benzene rings is 2. The summed E-state index contributed by atoms with van der Waals surface area (Å²) >= 11 is 5.66. The van der Waals surface area contributed by atoms with Gasteiger partial charge in [0.1, 0.15) is 18.2 Å². The molecule has 1 N–H and O–H groups in total. The SMILES string of the molecule is CC(=O)N1CCOc2cc(S(=O)(=O)Nc3ccc(F)c(Cl)c3)ccc21. The molecular formula is C16H14ClFN2O4S. The molecule has 2 aromatic carbocycles. The van der Waals surface area contributed by atoms with E-state index in [2.05, 4.69) is 4.72 Å². The van der Waals surface area contributed by atoms with Crippen molar-refractivity contribution in [2.24, 2.45) is 0 Å². The predicted octanol–water partition coefficient (Wildman–Crippen LogP) is 3.03. The highest BCUT2D eigenvalue weighted by Gasteiger charge is 2.24. The summed E-state index contributed by atoms with van der Waals surface area (Å²) in [6.45, 7) is 2.11. The van der Waals surface area contributed by atoms with E-state index in [0.29, 0.717) is 18.0 Å². The lowest BCUT2D eigenvalue weighted by Crippen LogP contribution is -2.36. The zero-order valence-electron chi connectivity index (χ0n) is 13.1. The molecule has 1 aliphatic rings. The molecule has 0 atom stereocenters. The summed E-state index contributed by atoms with van der Waals surface area (Å²) < 4.78 is 46.0. The van der Waals surface area contributed by atoms with E-state index >= 15 is 0 Å². The molecule has 0 spiro atoms. The minimum absolute atomic E-state index is 0.0444. The van der Waals surface area contributed by atoms with Gasteiger partial charge >= 0.3 is 0 Å². The molecule has 0 radical (unpaired) electrons. The van der Waals surface area contributed by atoms with Gasteiger partial charge in [0, 0.05) is 13.0 Å². The normalized spacial score (nSPS) is 13.8. The second-order valence-corrected chi connectivity index (χ2v) is 7.47. The van der Waals surface area contributed by atoms with E-state index in [1.165, 1.54) is 42.2 Å². The van der Waals surface area contributed by atoms with Crippen molar-refractivity contribution in [1.29, 1.82) is 0 Å². The molecule has 25 heavy (non-hydrogen) atoms. The fourth-order valence-corrected chi connectivity index (χ4v) is 3.71. The van der Waals surface area contributed by atoms with E-state index < -0.39 is 15.8 Å². The summed E-state index contributed by atoms with van der Waals surface area (Å²) in [5.41, 5.74) is 0.651. The average Bonchev–Trinajstić information content (AvgIpc) is 2.56. The highest BCUT2D eigenvalue weighted by molar-refractivity contribution is 7.92. The Kier molecular flexibility index (Phi) is 4.57. The van der Waals surface area contributed by atoms with Crippen molar-refractivity contribution < 1.29 is 22.3 Å². The number of carbonyl (C=O) groups is 1. The van der Waals surface area contributed by atoms with Crippen LogP contribution in [0.1, 0.15) is 6.92 Å². The summed E-state index contributed by atoms with van der Waals surface area (Å²) in [5.74, 6) is -0.489. The fraction of sp³-hybridized carbons (Fsp3) is 0.188. The van der Waals surface area contributed by atoms with Gasteiger partial charge in [0.05, 0.1) is 27.8 Å². The molecule has 0 aliphatic carbocycles. The van der Waals surface area contributed by atoms with E-state index in [0.717, 1.165) is 6.07 Å². The van der Waals surface area contributed by atoms with Crippen LogP contribution in [0.15, 0.2) is 41.3 Å². The number of hydrogen-bond donors (Lipinski definition) is 1. The molecule has 6 nitrogen and oxygen atoms in total. The third-order valence-electron chi connectivity index (χ3n) is 3.66. The number of halogens is 2. The lowest BCUT2D eigenvalue weighted by atomic mass is 10.2. The predicted molar refractivity (Wildman–Crippen MR) is 92.2 cm³/mol. The van der Waals surface area contributed by atoms with Crippen LogP contribution in [0, 0.1) is 5.82 Å². The standard InChI is InChI=1S/C16H14ClFN2O4S/c1-10(21)20-6-7-24-16-9-12(3-5-15(16)20)25(22,23)19-11-2-4-14(18)13(17)8-11/h2-5,8-9,19H,6-7H2,1H3. The van der Waals surface area contributed by atoms with Gasteiger partial charge in [0.2, 0.25) is 5.91 Å². The van der Waals surface area contributed by atoms with Crippen LogP contribution in [0.3, 0.4) is 0 Å². The minimum Gasteiger partial charge on any atom is -0.489 e. The number of nitrogens with zero attached hydrogens (tertiary/aromatic N) is 1. The molecule has 0 aromatic heterocycles. The maximum atomic E-state index is 13.2. The molecule has 9 heteroatoms. The van der Waals surface area contributed by atoms with Crippen LogP contribution >= 0.6 is 11.6 Å². The maximum absolute atomic E-state index is 13.2. The van der Waals surface area contributed by atoms with Gasteiger partial charge in [-0.25, -0.2) is 12.8 Å². The van der Waals surface area contributed by atoms with Crippen molar-refractivity contribution in [2.75, 3.05) is 22.8 Å². The van der Waals surface area contributed by atoms with Crippen molar-refractivity contribution >= 4 is 38.9 Å². The van der Waals surface area contributed by atoms with Crippen LogP contribution in [0.5, 0.6) is 5.75 Å². The van der Waals surface area contributed by atoms with Gasteiger partial charge < -0.3 is 9.64 Å². The smallest absolute Gasteiger partial charge is 0.262 e. The Balaban J connectivity index is 1.92. The Hall–Kier alpha value is -2.32. The van der Waals surface area contributed by atoms with E-state index in [1.807, 2.05) is 0 Å². The zero-order valence-corrected chi connectivity index (χ0v) is 14.7.